The number of para-hydroxylation sites is 2. The molecule has 1 atom stereocenters. The minimum atomic E-state index is -3.25. The van der Waals surface area contributed by atoms with E-state index in [0.29, 0.717) is 12.3 Å². The van der Waals surface area contributed by atoms with Crippen molar-refractivity contribution in [2.75, 3.05) is 22.9 Å². The number of nitrogens with one attached hydrogen (secondary N) is 2. The van der Waals surface area contributed by atoms with Gasteiger partial charge in [-0.25, -0.2) is 8.42 Å². The number of ether oxygens (including phenoxy) is 1. The molecule has 124 valence electrons. The average Bonchev–Trinajstić information content (AvgIpc) is 2.48. The van der Waals surface area contributed by atoms with Crippen molar-refractivity contribution < 1.29 is 13.2 Å². The van der Waals surface area contributed by atoms with Gasteiger partial charge >= 0.3 is 0 Å². The molecule has 0 fully saturated rings. The van der Waals surface area contributed by atoms with E-state index >= 15 is 0 Å². The molecular weight excluding hydrogens is 312 g/mol. The topological polar surface area (TPSA) is 67.4 Å². The molecule has 5 nitrogen and oxygen atoms in total. The van der Waals surface area contributed by atoms with Crippen LogP contribution in [0, 0.1) is 0 Å². The summed E-state index contributed by atoms with van der Waals surface area (Å²) >= 11 is 0. The normalized spacial score (nSPS) is 12.5. The Bertz CT molecular complexity index is 743. The maximum absolute atomic E-state index is 11.2. The molecule has 6 heteroatoms. The van der Waals surface area contributed by atoms with E-state index in [-0.39, 0.29) is 6.04 Å². The van der Waals surface area contributed by atoms with Crippen LogP contribution >= 0.6 is 0 Å². The molecule has 0 spiro atoms. The average molecular weight is 334 g/mol. The molecule has 0 saturated heterocycles. The quantitative estimate of drug-likeness (QED) is 0.811. The molecule has 0 aliphatic heterocycles. The van der Waals surface area contributed by atoms with E-state index in [0.717, 1.165) is 23.3 Å². The second-order valence-electron chi connectivity index (χ2n) is 5.29. The molecule has 0 heterocycles. The number of benzene rings is 2. The highest BCUT2D eigenvalue weighted by Crippen LogP contribution is 2.28. The Kier molecular flexibility index (Phi) is 5.50. The lowest BCUT2D eigenvalue weighted by Gasteiger charge is -2.18. The zero-order valence-electron chi connectivity index (χ0n) is 13.5. The molecule has 0 bridgehead atoms. The van der Waals surface area contributed by atoms with Crippen molar-refractivity contribution in [3.63, 3.8) is 0 Å². The summed E-state index contributed by atoms with van der Waals surface area (Å²) in [7, 11) is -3.25. The molecule has 0 aliphatic carbocycles. The third-order valence-corrected chi connectivity index (χ3v) is 3.88. The van der Waals surface area contributed by atoms with Gasteiger partial charge in [0.25, 0.3) is 0 Å². The Morgan fingerprint density at radius 3 is 2.35 bits per heavy atom. The van der Waals surface area contributed by atoms with Crippen LogP contribution in [-0.4, -0.2) is 21.3 Å². The van der Waals surface area contributed by atoms with E-state index in [1.165, 1.54) is 0 Å². The second-order valence-corrected chi connectivity index (χ2v) is 7.04. The van der Waals surface area contributed by atoms with Crippen LogP contribution in [0.15, 0.2) is 48.5 Å². The van der Waals surface area contributed by atoms with Crippen molar-refractivity contribution in [3.05, 3.63) is 54.1 Å². The molecule has 0 saturated carbocycles. The Balaban J connectivity index is 2.10. The number of anilines is 2. The van der Waals surface area contributed by atoms with Gasteiger partial charge in [0.1, 0.15) is 5.75 Å². The van der Waals surface area contributed by atoms with Gasteiger partial charge in [-0.1, -0.05) is 24.3 Å². The monoisotopic (exact) mass is 334 g/mol. The minimum Gasteiger partial charge on any atom is -0.492 e. The summed E-state index contributed by atoms with van der Waals surface area (Å²) in [6, 6.07) is 15.2. The number of hydrogen-bond donors (Lipinski definition) is 2. The summed E-state index contributed by atoms with van der Waals surface area (Å²) in [5.74, 6) is 0.817. The van der Waals surface area contributed by atoms with E-state index in [4.69, 9.17) is 4.74 Å². The van der Waals surface area contributed by atoms with Crippen LogP contribution in [0.25, 0.3) is 0 Å². The molecular formula is C17H22N2O3S. The Labute approximate surface area is 137 Å². The number of rotatable bonds is 7. The molecule has 0 radical (unpaired) electrons. The van der Waals surface area contributed by atoms with Crippen molar-refractivity contribution in [1.82, 2.24) is 0 Å². The lowest BCUT2D eigenvalue weighted by molar-refractivity contribution is 0.341. The van der Waals surface area contributed by atoms with Crippen LogP contribution in [0.2, 0.25) is 0 Å². The van der Waals surface area contributed by atoms with Gasteiger partial charge in [-0.3, -0.25) is 4.72 Å². The predicted octanol–water partition coefficient (Wildman–Crippen LogP) is 3.63. The lowest BCUT2D eigenvalue weighted by atomic mass is 10.1. The van der Waals surface area contributed by atoms with Crippen LogP contribution in [-0.2, 0) is 10.0 Å². The van der Waals surface area contributed by atoms with Gasteiger partial charge in [-0.05, 0) is 43.7 Å². The van der Waals surface area contributed by atoms with E-state index in [1.54, 1.807) is 12.1 Å². The maximum Gasteiger partial charge on any atom is 0.229 e. The van der Waals surface area contributed by atoms with Crippen molar-refractivity contribution in [1.29, 1.82) is 0 Å². The lowest BCUT2D eigenvalue weighted by Crippen LogP contribution is -2.10. The summed E-state index contributed by atoms with van der Waals surface area (Å²) in [4.78, 5) is 0. The Morgan fingerprint density at radius 1 is 1.09 bits per heavy atom. The third-order valence-electron chi connectivity index (χ3n) is 3.27. The first-order chi connectivity index (χ1) is 10.9. The predicted molar refractivity (Wildman–Crippen MR) is 94.6 cm³/mol. The molecule has 2 N–H and O–H groups in total. The van der Waals surface area contributed by atoms with Gasteiger partial charge in [0.05, 0.1) is 18.6 Å². The molecule has 0 amide bonds. The number of sulfonamides is 1. The highest BCUT2D eigenvalue weighted by atomic mass is 32.2. The van der Waals surface area contributed by atoms with Crippen LogP contribution in [0.4, 0.5) is 11.4 Å². The molecule has 0 aliphatic rings. The highest BCUT2D eigenvalue weighted by Gasteiger charge is 2.09. The van der Waals surface area contributed by atoms with Crippen LogP contribution in [0.3, 0.4) is 0 Å². The fourth-order valence-electron chi connectivity index (χ4n) is 2.24. The molecule has 2 aromatic rings. The van der Waals surface area contributed by atoms with Gasteiger partial charge in [0.15, 0.2) is 0 Å². The van der Waals surface area contributed by atoms with Crippen LogP contribution < -0.4 is 14.8 Å². The van der Waals surface area contributed by atoms with Gasteiger partial charge in [0, 0.05) is 11.7 Å². The molecule has 2 aromatic carbocycles. The van der Waals surface area contributed by atoms with Crippen molar-refractivity contribution in [3.8, 4) is 5.75 Å². The first-order valence-corrected chi connectivity index (χ1v) is 9.34. The summed E-state index contributed by atoms with van der Waals surface area (Å²) < 4.78 is 30.5. The van der Waals surface area contributed by atoms with E-state index < -0.39 is 10.0 Å². The van der Waals surface area contributed by atoms with Crippen LogP contribution in [0.5, 0.6) is 5.75 Å². The largest absolute Gasteiger partial charge is 0.492 e. The van der Waals surface area contributed by atoms with E-state index in [1.807, 2.05) is 50.2 Å². The molecule has 0 unspecified atom stereocenters. The second kappa shape index (κ2) is 7.37. The molecule has 0 aromatic heterocycles. The Morgan fingerprint density at radius 2 is 1.74 bits per heavy atom. The highest BCUT2D eigenvalue weighted by molar-refractivity contribution is 7.92. The summed E-state index contributed by atoms with van der Waals surface area (Å²) in [6.07, 6.45) is 1.13. The fourth-order valence-corrected chi connectivity index (χ4v) is 2.80. The van der Waals surface area contributed by atoms with E-state index in [2.05, 4.69) is 10.0 Å². The van der Waals surface area contributed by atoms with Crippen LogP contribution in [0.1, 0.15) is 25.5 Å². The molecule has 2 rings (SSSR count). The van der Waals surface area contributed by atoms with Crippen molar-refractivity contribution in [2.45, 2.75) is 19.9 Å². The van der Waals surface area contributed by atoms with E-state index in [9.17, 15) is 8.42 Å². The SMILES string of the molecule is CCOc1ccccc1N[C@@H](C)c1ccc(NS(C)(=O)=O)cc1. The Hall–Kier alpha value is -2.21. The molecule has 23 heavy (non-hydrogen) atoms. The van der Waals surface area contributed by atoms with Crippen molar-refractivity contribution >= 4 is 21.4 Å². The summed E-state index contributed by atoms with van der Waals surface area (Å²) in [5, 5.41) is 3.42. The first kappa shape index (κ1) is 17.1. The summed E-state index contributed by atoms with van der Waals surface area (Å²) in [6.45, 7) is 4.61. The minimum absolute atomic E-state index is 0.0592. The fraction of sp³-hybridized carbons (Fsp3) is 0.294. The maximum atomic E-state index is 11.2. The van der Waals surface area contributed by atoms with Gasteiger partial charge in [-0.2, -0.15) is 0 Å². The summed E-state index contributed by atoms with van der Waals surface area (Å²) in [5.41, 5.74) is 2.54. The first-order valence-electron chi connectivity index (χ1n) is 7.45. The third kappa shape index (κ3) is 5.17. The van der Waals surface area contributed by atoms with Gasteiger partial charge in [-0.15, -0.1) is 0 Å². The van der Waals surface area contributed by atoms with Gasteiger partial charge < -0.3 is 10.1 Å². The smallest absolute Gasteiger partial charge is 0.229 e. The zero-order valence-corrected chi connectivity index (χ0v) is 14.4. The number of hydrogen-bond acceptors (Lipinski definition) is 4. The van der Waals surface area contributed by atoms with Crippen molar-refractivity contribution in [2.24, 2.45) is 0 Å². The van der Waals surface area contributed by atoms with Gasteiger partial charge in [0.2, 0.25) is 10.0 Å². The zero-order chi connectivity index (χ0) is 16.9. The standard InChI is InChI=1S/C17H22N2O3S/c1-4-22-17-8-6-5-7-16(17)18-13(2)14-9-11-15(12-10-14)19-23(3,20)21/h5-13,18-19H,4H2,1-3H3/t13-/m0/s1.